The number of hydrogen-bond acceptors (Lipinski definition) is 6. The van der Waals surface area contributed by atoms with Crippen LogP contribution in [-0.2, 0) is 27.1 Å². The predicted octanol–water partition coefficient (Wildman–Crippen LogP) is 4.71. The number of benzene rings is 1. The van der Waals surface area contributed by atoms with Crippen molar-refractivity contribution in [3.8, 4) is 11.3 Å². The highest BCUT2D eigenvalue weighted by Gasteiger charge is 2.32. The molecular weight excluding hydrogens is 413 g/mol. The highest BCUT2D eigenvalue weighted by Crippen LogP contribution is 2.32. The molecule has 2 heterocycles. The standard InChI is InChI=1S/C21H25Cl2N3O3/c1-4-15-20(13-8-7-12(22)9-14(13)23)24-16(5-2)21(25-15)26-17-10-28-11-18(17)29-19(27)6-3/h7-9,17-18H,4-6,10-11H2,1-3H3,(H,25,26)/t17?,18-/m0/s1. The van der Waals surface area contributed by atoms with Crippen molar-refractivity contribution in [3.05, 3.63) is 39.6 Å². The van der Waals surface area contributed by atoms with Gasteiger partial charge in [0.1, 0.15) is 11.9 Å². The summed E-state index contributed by atoms with van der Waals surface area (Å²) in [6.07, 6.45) is 1.36. The number of carbonyl (C=O) groups is 1. The molecule has 1 aliphatic rings. The molecule has 1 fully saturated rings. The number of nitrogens with one attached hydrogen (secondary N) is 1. The summed E-state index contributed by atoms with van der Waals surface area (Å²) in [5, 5.41) is 4.51. The summed E-state index contributed by atoms with van der Waals surface area (Å²) < 4.78 is 11.0. The zero-order chi connectivity index (χ0) is 21.0. The van der Waals surface area contributed by atoms with Crippen LogP contribution in [0, 0.1) is 0 Å². The normalized spacial score (nSPS) is 18.7. The first kappa shape index (κ1) is 21.8. The number of esters is 1. The molecule has 1 aromatic carbocycles. The first-order valence-corrected chi connectivity index (χ1v) is 10.6. The Morgan fingerprint density at radius 3 is 2.59 bits per heavy atom. The quantitative estimate of drug-likeness (QED) is 0.632. The summed E-state index contributed by atoms with van der Waals surface area (Å²) in [5.41, 5.74) is 3.21. The third-order valence-corrected chi connectivity index (χ3v) is 5.37. The third-order valence-electron chi connectivity index (χ3n) is 4.82. The van der Waals surface area contributed by atoms with Gasteiger partial charge in [-0.25, -0.2) is 9.97 Å². The minimum atomic E-state index is -0.343. The van der Waals surface area contributed by atoms with E-state index in [1.165, 1.54) is 0 Å². The van der Waals surface area contributed by atoms with Gasteiger partial charge in [0.25, 0.3) is 0 Å². The minimum Gasteiger partial charge on any atom is -0.458 e. The molecule has 3 rings (SSSR count). The van der Waals surface area contributed by atoms with Gasteiger partial charge in [-0.15, -0.1) is 0 Å². The molecule has 1 aliphatic heterocycles. The van der Waals surface area contributed by atoms with Crippen molar-refractivity contribution in [1.29, 1.82) is 0 Å². The van der Waals surface area contributed by atoms with E-state index in [0.717, 1.165) is 22.6 Å². The van der Waals surface area contributed by atoms with Gasteiger partial charge in [0.05, 0.1) is 41.4 Å². The maximum absolute atomic E-state index is 11.7. The second kappa shape index (κ2) is 9.74. The van der Waals surface area contributed by atoms with E-state index in [0.29, 0.717) is 48.3 Å². The molecule has 8 heteroatoms. The number of nitrogens with zero attached hydrogens (tertiary/aromatic N) is 2. The van der Waals surface area contributed by atoms with Crippen LogP contribution in [-0.4, -0.2) is 41.3 Å². The average molecular weight is 438 g/mol. The SMILES string of the molecule is CCC(=O)O[C@H]1COCC1Nc1nc(CC)c(-c2ccc(Cl)cc2Cl)nc1CC. The summed E-state index contributed by atoms with van der Waals surface area (Å²) in [4.78, 5) is 21.4. The zero-order valence-corrected chi connectivity index (χ0v) is 18.3. The Hall–Kier alpha value is -1.89. The van der Waals surface area contributed by atoms with Gasteiger partial charge < -0.3 is 14.8 Å². The van der Waals surface area contributed by atoms with Crippen LogP contribution >= 0.6 is 23.2 Å². The number of rotatable bonds is 7. The fourth-order valence-electron chi connectivity index (χ4n) is 3.22. The van der Waals surface area contributed by atoms with Gasteiger partial charge in [-0.1, -0.05) is 44.0 Å². The maximum Gasteiger partial charge on any atom is 0.305 e. The van der Waals surface area contributed by atoms with Crippen LogP contribution in [0.5, 0.6) is 0 Å². The monoisotopic (exact) mass is 437 g/mol. The highest BCUT2D eigenvalue weighted by atomic mass is 35.5. The highest BCUT2D eigenvalue weighted by molar-refractivity contribution is 6.36. The van der Waals surface area contributed by atoms with Crippen molar-refractivity contribution < 1.29 is 14.3 Å². The molecule has 1 unspecified atom stereocenters. The Morgan fingerprint density at radius 1 is 1.17 bits per heavy atom. The van der Waals surface area contributed by atoms with Crippen LogP contribution in [0.4, 0.5) is 5.82 Å². The van der Waals surface area contributed by atoms with Gasteiger partial charge in [-0.3, -0.25) is 4.79 Å². The van der Waals surface area contributed by atoms with Gasteiger partial charge in [-0.2, -0.15) is 0 Å². The van der Waals surface area contributed by atoms with Crippen molar-refractivity contribution in [2.24, 2.45) is 0 Å². The van der Waals surface area contributed by atoms with Gasteiger partial charge >= 0.3 is 5.97 Å². The molecule has 0 radical (unpaired) electrons. The van der Waals surface area contributed by atoms with Crippen LogP contribution < -0.4 is 5.32 Å². The Labute approximate surface area is 180 Å². The largest absolute Gasteiger partial charge is 0.458 e. The number of aryl methyl sites for hydroxylation is 2. The lowest BCUT2D eigenvalue weighted by Gasteiger charge is -2.22. The van der Waals surface area contributed by atoms with Crippen LogP contribution in [0.2, 0.25) is 10.0 Å². The summed E-state index contributed by atoms with van der Waals surface area (Å²) in [7, 11) is 0. The van der Waals surface area contributed by atoms with E-state index in [2.05, 4.69) is 5.32 Å². The molecule has 156 valence electrons. The number of anilines is 1. The molecule has 1 aromatic heterocycles. The van der Waals surface area contributed by atoms with Crippen LogP contribution in [0.15, 0.2) is 18.2 Å². The van der Waals surface area contributed by atoms with Crippen molar-refractivity contribution in [2.75, 3.05) is 18.5 Å². The van der Waals surface area contributed by atoms with Crippen molar-refractivity contribution in [2.45, 2.75) is 52.2 Å². The minimum absolute atomic E-state index is 0.167. The Kier molecular flexibility index (Phi) is 7.33. The van der Waals surface area contributed by atoms with E-state index in [-0.39, 0.29) is 18.1 Å². The summed E-state index contributed by atoms with van der Waals surface area (Å²) in [6.45, 7) is 6.64. The fraction of sp³-hybridized carbons (Fsp3) is 0.476. The summed E-state index contributed by atoms with van der Waals surface area (Å²) in [6, 6.07) is 5.20. The van der Waals surface area contributed by atoms with Crippen molar-refractivity contribution in [1.82, 2.24) is 9.97 Å². The van der Waals surface area contributed by atoms with Gasteiger partial charge in [0.15, 0.2) is 0 Å². The molecule has 0 amide bonds. The molecule has 0 bridgehead atoms. The number of hydrogen-bond donors (Lipinski definition) is 1. The maximum atomic E-state index is 11.7. The van der Waals surface area contributed by atoms with Crippen molar-refractivity contribution >= 4 is 35.0 Å². The van der Waals surface area contributed by atoms with Gasteiger partial charge in [-0.05, 0) is 31.0 Å². The topological polar surface area (TPSA) is 73.3 Å². The Morgan fingerprint density at radius 2 is 1.93 bits per heavy atom. The number of carbonyl (C=O) groups excluding carboxylic acids is 1. The van der Waals surface area contributed by atoms with E-state index in [1.807, 2.05) is 19.9 Å². The van der Waals surface area contributed by atoms with Crippen LogP contribution in [0.25, 0.3) is 11.3 Å². The van der Waals surface area contributed by atoms with Crippen LogP contribution in [0.1, 0.15) is 38.6 Å². The molecule has 0 aliphatic carbocycles. The number of halogens is 2. The fourth-order valence-corrected chi connectivity index (χ4v) is 3.72. The molecule has 0 spiro atoms. The first-order valence-electron chi connectivity index (χ1n) is 9.85. The lowest BCUT2D eigenvalue weighted by Crippen LogP contribution is -2.36. The van der Waals surface area contributed by atoms with E-state index < -0.39 is 0 Å². The molecular formula is C21H25Cl2N3O3. The van der Waals surface area contributed by atoms with Gasteiger partial charge in [0.2, 0.25) is 0 Å². The molecule has 6 nitrogen and oxygen atoms in total. The first-order chi connectivity index (χ1) is 14.0. The molecule has 0 saturated carbocycles. The van der Waals surface area contributed by atoms with E-state index in [9.17, 15) is 4.79 Å². The smallest absolute Gasteiger partial charge is 0.305 e. The molecule has 1 saturated heterocycles. The lowest BCUT2D eigenvalue weighted by atomic mass is 10.1. The van der Waals surface area contributed by atoms with Gasteiger partial charge in [0, 0.05) is 17.0 Å². The molecule has 2 aromatic rings. The third kappa shape index (κ3) is 5.00. The summed E-state index contributed by atoms with van der Waals surface area (Å²) in [5.74, 6) is 0.447. The zero-order valence-electron chi connectivity index (χ0n) is 16.8. The lowest BCUT2D eigenvalue weighted by molar-refractivity contribution is -0.148. The molecule has 1 N–H and O–H groups in total. The Balaban J connectivity index is 1.93. The van der Waals surface area contributed by atoms with E-state index >= 15 is 0 Å². The van der Waals surface area contributed by atoms with E-state index in [1.54, 1.807) is 19.1 Å². The molecule has 29 heavy (non-hydrogen) atoms. The van der Waals surface area contributed by atoms with Crippen molar-refractivity contribution in [3.63, 3.8) is 0 Å². The second-order valence-corrected chi connectivity index (χ2v) is 7.66. The predicted molar refractivity (Wildman–Crippen MR) is 115 cm³/mol. The second-order valence-electron chi connectivity index (χ2n) is 6.82. The average Bonchev–Trinajstić information content (AvgIpc) is 3.14. The molecule has 2 atom stereocenters. The number of aromatic nitrogens is 2. The van der Waals surface area contributed by atoms with E-state index in [4.69, 9.17) is 42.6 Å². The Bertz CT molecular complexity index is 892. The summed E-state index contributed by atoms with van der Waals surface area (Å²) >= 11 is 12.5. The van der Waals surface area contributed by atoms with Crippen LogP contribution in [0.3, 0.4) is 0 Å². The number of ether oxygens (including phenoxy) is 2.